The second-order valence-electron chi connectivity index (χ2n) is 4.96. The smallest absolute Gasteiger partial charge is 0.257 e. The number of thiazole rings is 1. The Morgan fingerprint density at radius 3 is 2.79 bits per heavy atom. The number of aromatic nitrogens is 1. The molecule has 3 nitrogen and oxygen atoms in total. The van der Waals surface area contributed by atoms with Gasteiger partial charge in [-0.1, -0.05) is 13.0 Å². The van der Waals surface area contributed by atoms with Crippen molar-refractivity contribution in [2.45, 2.75) is 11.8 Å². The highest BCUT2D eigenvalue weighted by molar-refractivity contribution is 7.99. The van der Waals surface area contributed by atoms with Crippen LogP contribution < -0.4 is 5.32 Å². The van der Waals surface area contributed by atoms with Gasteiger partial charge in [0, 0.05) is 21.4 Å². The number of halogens is 1. The molecular formula is C18H15FN2OS2. The van der Waals surface area contributed by atoms with Gasteiger partial charge in [-0.2, -0.15) is 0 Å². The minimum atomic E-state index is -0.285. The third-order valence-corrected chi connectivity index (χ3v) is 4.91. The molecule has 0 saturated heterocycles. The van der Waals surface area contributed by atoms with Crippen LogP contribution in [0.25, 0.3) is 11.3 Å². The van der Waals surface area contributed by atoms with E-state index in [2.05, 4.69) is 17.2 Å². The molecular weight excluding hydrogens is 343 g/mol. The van der Waals surface area contributed by atoms with Crippen LogP contribution >= 0.6 is 23.1 Å². The number of benzene rings is 2. The van der Waals surface area contributed by atoms with Crippen molar-refractivity contribution in [1.29, 1.82) is 0 Å². The first-order valence-electron chi connectivity index (χ1n) is 7.41. The number of anilines is 1. The molecule has 0 radical (unpaired) electrons. The van der Waals surface area contributed by atoms with Crippen molar-refractivity contribution in [3.63, 3.8) is 0 Å². The number of thioether (sulfide) groups is 1. The summed E-state index contributed by atoms with van der Waals surface area (Å²) in [7, 11) is 0. The van der Waals surface area contributed by atoms with Crippen molar-refractivity contribution in [3.05, 3.63) is 65.3 Å². The first-order valence-corrected chi connectivity index (χ1v) is 9.28. The van der Waals surface area contributed by atoms with E-state index in [1.165, 1.54) is 23.5 Å². The summed E-state index contributed by atoms with van der Waals surface area (Å²) in [6.45, 7) is 2.07. The number of amides is 1. The molecule has 2 aromatic carbocycles. The van der Waals surface area contributed by atoms with Crippen molar-refractivity contribution < 1.29 is 9.18 Å². The van der Waals surface area contributed by atoms with E-state index >= 15 is 0 Å². The van der Waals surface area contributed by atoms with E-state index in [4.69, 9.17) is 0 Å². The quantitative estimate of drug-likeness (QED) is 0.628. The van der Waals surface area contributed by atoms with Gasteiger partial charge in [0.25, 0.3) is 5.91 Å². The maximum Gasteiger partial charge on any atom is 0.257 e. The molecule has 0 aliphatic heterocycles. The van der Waals surface area contributed by atoms with Crippen LogP contribution in [0.4, 0.5) is 9.52 Å². The standard InChI is InChI=1S/C18H15FN2OS2/c1-2-23-15-5-3-4-13(10-15)17(22)21-18-20-16(11-24-18)12-6-8-14(19)9-7-12/h3-11H,2H2,1H3,(H,20,21,22). The topological polar surface area (TPSA) is 42.0 Å². The fourth-order valence-corrected chi connectivity index (χ4v) is 3.58. The summed E-state index contributed by atoms with van der Waals surface area (Å²) >= 11 is 3.04. The molecule has 0 bridgehead atoms. The molecule has 6 heteroatoms. The molecule has 0 fully saturated rings. The van der Waals surface area contributed by atoms with Crippen LogP contribution in [-0.4, -0.2) is 16.6 Å². The number of rotatable bonds is 5. The Kier molecular flexibility index (Phi) is 5.27. The van der Waals surface area contributed by atoms with Gasteiger partial charge in [0.05, 0.1) is 5.69 Å². The molecule has 24 heavy (non-hydrogen) atoms. The molecule has 0 aliphatic rings. The Morgan fingerprint density at radius 1 is 1.25 bits per heavy atom. The van der Waals surface area contributed by atoms with Gasteiger partial charge in [-0.15, -0.1) is 23.1 Å². The molecule has 0 saturated carbocycles. The zero-order valence-electron chi connectivity index (χ0n) is 13.0. The highest BCUT2D eigenvalue weighted by Gasteiger charge is 2.10. The summed E-state index contributed by atoms with van der Waals surface area (Å²) in [5, 5.41) is 5.17. The van der Waals surface area contributed by atoms with Gasteiger partial charge < -0.3 is 0 Å². The average Bonchev–Trinajstić information content (AvgIpc) is 3.04. The lowest BCUT2D eigenvalue weighted by Crippen LogP contribution is -2.11. The average molecular weight is 358 g/mol. The van der Waals surface area contributed by atoms with E-state index in [0.717, 1.165) is 16.2 Å². The molecule has 3 aromatic rings. The first kappa shape index (κ1) is 16.7. The molecule has 122 valence electrons. The normalized spacial score (nSPS) is 10.6. The molecule has 1 amide bonds. The van der Waals surface area contributed by atoms with Crippen molar-refractivity contribution in [2.75, 3.05) is 11.1 Å². The van der Waals surface area contributed by atoms with Crippen LogP contribution in [0.5, 0.6) is 0 Å². The molecule has 0 aliphatic carbocycles. The molecule has 1 aromatic heterocycles. The number of carbonyl (C=O) groups is 1. The van der Waals surface area contributed by atoms with Crippen molar-refractivity contribution in [2.24, 2.45) is 0 Å². The Balaban J connectivity index is 1.73. The fraction of sp³-hybridized carbons (Fsp3) is 0.111. The lowest BCUT2D eigenvalue weighted by molar-refractivity contribution is 0.102. The third kappa shape index (κ3) is 4.01. The van der Waals surface area contributed by atoms with Crippen LogP contribution in [0.2, 0.25) is 0 Å². The number of hydrogen-bond acceptors (Lipinski definition) is 4. The van der Waals surface area contributed by atoms with E-state index in [0.29, 0.717) is 16.4 Å². The summed E-state index contributed by atoms with van der Waals surface area (Å²) in [6.07, 6.45) is 0. The van der Waals surface area contributed by atoms with E-state index in [9.17, 15) is 9.18 Å². The van der Waals surface area contributed by atoms with E-state index in [1.807, 2.05) is 23.6 Å². The van der Waals surface area contributed by atoms with E-state index < -0.39 is 0 Å². The van der Waals surface area contributed by atoms with Crippen LogP contribution in [0.15, 0.2) is 58.8 Å². The van der Waals surface area contributed by atoms with Crippen LogP contribution in [-0.2, 0) is 0 Å². The summed E-state index contributed by atoms with van der Waals surface area (Å²) in [6, 6.07) is 13.6. The van der Waals surface area contributed by atoms with Gasteiger partial charge in [0.2, 0.25) is 0 Å². The highest BCUT2D eigenvalue weighted by atomic mass is 32.2. The highest BCUT2D eigenvalue weighted by Crippen LogP contribution is 2.26. The third-order valence-electron chi connectivity index (χ3n) is 3.27. The SMILES string of the molecule is CCSc1cccc(C(=O)Nc2nc(-c3ccc(F)cc3)cs2)c1. The maximum absolute atomic E-state index is 13.0. The summed E-state index contributed by atoms with van der Waals surface area (Å²) < 4.78 is 13.0. The zero-order chi connectivity index (χ0) is 16.9. The number of nitrogens with zero attached hydrogens (tertiary/aromatic N) is 1. The predicted molar refractivity (Wildman–Crippen MR) is 98.3 cm³/mol. The van der Waals surface area contributed by atoms with Crippen molar-refractivity contribution >= 4 is 34.1 Å². The maximum atomic E-state index is 13.0. The van der Waals surface area contributed by atoms with Gasteiger partial charge in [0.1, 0.15) is 5.82 Å². The molecule has 0 atom stereocenters. The molecule has 0 unspecified atom stereocenters. The summed E-state index contributed by atoms with van der Waals surface area (Å²) in [5.74, 6) is 0.486. The van der Waals surface area contributed by atoms with Crippen LogP contribution in [0.1, 0.15) is 17.3 Å². The second-order valence-corrected chi connectivity index (χ2v) is 7.16. The van der Waals surface area contributed by atoms with Crippen molar-refractivity contribution in [1.82, 2.24) is 4.98 Å². The van der Waals surface area contributed by atoms with Crippen LogP contribution in [0.3, 0.4) is 0 Å². The number of carbonyl (C=O) groups excluding carboxylic acids is 1. The zero-order valence-corrected chi connectivity index (χ0v) is 14.6. The number of nitrogens with one attached hydrogen (secondary N) is 1. The Morgan fingerprint density at radius 2 is 2.04 bits per heavy atom. The summed E-state index contributed by atoms with van der Waals surface area (Å²) in [5.41, 5.74) is 2.13. The van der Waals surface area contributed by atoms with Gasteiger partial charge in [0.15, 0.2) is 5.13 Å². The van der Waals surface area contributed by atoms with Crippen molar-refractivity contribution in [3.8, 4) is 11.3 Å². The van der Waals surface area contributed by atoms with Gasteiger partial charge >= 0.3 is 0 Å². The second kappa shape index (κ2) is 7.59. The minimum Gasteiger partial charge on any atom is -0.298 e. The lowest BCUT2D eigenvalue weighted by Gasteiger charge is -2.04. The Bertz CT molecular complexity index is 846. The Hall–Kier alpha value is -2.18. The molecule has 0 spiro atoms. The van der Waals surface area contributed by atoms with Crippen LogP contribution in [0, 0.1) is 5.82 Å². The molecule has 3 rings (SSSR count). The predicted octanol–water partition coefficient (Wildman–Crippen LogP) is 5.31. The summed E-state index contributed by atoms with van der Waals surface area (Å²) in [4.78, 5) is 17.8. The molecule has 1 heterocycles. The Labute approximate surface area is 148 Å². The molecule has 1 N–H and O–H groups in total. The first-order chi connectivity index (χ1) is 11.7. The monoisotopic (exact) mass is 358 g/mol. The number of hydrogen-bond donors (Lipinski definition) is 1. The van der Waals surface area contributed by atoms with Gasteiger partial charge in [-0.25, -0.2) is 9.37 Å². The largest absolute Gasteiger partial charge is 0.298 e. The van der Waals surface area contributed by atoms with E-state index in [-0.39, 0.29) is 11.7 Å². The van der Waals surface area contributed by atoms with E-state index in [1.54, 1.807) is 30.0 Å². The van der Waals surface area contributed by atoms with Gasteiger partial charge in [-0.3, -0.25) is 10.1 Å². The van der Waals surface area contributed by atoms with Gasteiger partial charge in [-0.05, 0) is 48.2 Å². The minimum absolute atomic E-state index is 0.187. The fourth-order valence-electron chi connectivity index (χ4n) is 2.15. The lowest BCUT2D eigenvalue weighted by atomic mass is 10.2.